The minimum absolute atomic E-state index is 0.333. The van der Waals surface area contributed by atoms with Crippen LogP contribution in [0.15, 0.2) is 48.5 Å². The SMILES string of the molecule is CC(C)N.CC(C)N1PN(C(C)C)c2c1c1ccccc1n2C.CN1C(=O)C(=O)c2ccccc21. The van der Waals surface area contributed by atoms with E-state index >= 15 is 0 Å². The highest BCUT2D eigenvalue weighted by atomic mass is 31.1. The quantitative estimate of drug-likeness (QED) is 0.384. The summed E-state index contributed by atoms with van der Waals surface area (Å²) in [5.74, 6) is 0.521. The molecule has 1 amide bonds. The first-order chi connectivity index (χ1) is 16.5. The predicted octanol–water partition coefficient (Wildman–Crippen LogP) is 5.33. The van der Waals surface area contributed by atoms with Gasteiger partial charge in [-0.3, -0.25) is 9.59 Å². The van der Waals surface area contributed by atoms with Crippen LogP contribution in [0.2, 0.25) is 0 Å². The number of aryl methyl sites for hydroxylation is 1. The molecule has 1 aromatic heterocycles. The number of fused-ring (bicyclic) bond motifs is 4. The van der Waals surface area contributed by atoms with Crippen molar-refractivity contribution in [1.82, 2.24) is 4.57 Å². The van der Waals surface area contributed by atoms with E-state index in [1.807, 2.05) is 13.8 Å². The zero-order valence-electron chi connectivity index (χ0n) is 22.0. The maximum Gasteiger partial charge on any atom is 0.299 e. The molecule has 2 aliphatic rings. The van der Waals surface area contributed by atoms with Crippen LogP contribution in [0.5, 0.6) is 0 Å². The summed E-state index contributed by atoms with van der Waals surface area (Å²) in [5, 5.41) is 1.38. The molecule has 5 rings (SSSR count). The van der Waals surface area contributed by atoms with Crippen LogP contribution in [-0.4, -0.2) is 41.4 Å². The number of ketones is 1. The number of hydrogen-bond acceptors (Lipinski definition) is 5. The van der Waals surface area contributed by atoms with Gasteiger partial charge in [0, 0.05) is 31.6 Å². The Balaban J connectivity index is 0.000000183. The van der Waals surface area contributed by atoms with E-state index in [1.165, 1.54) is 27.3 Å². The molecule has 0 radical (unpaired) electrons. The van der Waals surface area contributed by atoms with Crippen molar-refractivity contribution < 1.29 is 9.59 Å². The van der Waals surface area contributed by atoms with Gasteiger partial charge in [0.05, 0.1) is 31.3 Å². The van der Waals surface area contributed by atoms with Crippen molar-refractivity contribution in [1.29, 1.82) is 0 Å². The first-order valence-electron chi connectivity index (χ1n) is 12.1. The van der Waals surface area contributed by atoms with E-state index in [9.17, 15) is 9.59 Å². The molecule has 0 saturated carbocycles. The first-order valence-corrected chi connectivity index (χ1v) is 13.0. The zero-order valence-corrected chi connectivity index (χ0v) is 23.0. The highest BCUT2D eigenvalue weighted by Gasteiger charge is 2.35. The molecular formula is C27H38N5O2P. The predicted molar refractivity (Wildman–Crippen MR) is 150 cm³/mol. The van der Waals surface area contributed by atoms with Crippen LogP contribution in [0, 0.1) is 0 Å². The summed E-state index contributed by atoms with van der Waals surface area (Å²) in [7, 11) is 4.51. The third-order valence-corrected chi connectivity index (χ3v) is 7.68. The molecule has 0 fully saturated rings. The molecule has 7 nitrogen and oxygen atoms in total. The van der Waals surface area contributed by atoms with Crippen molar-refractivity contribution in [2.75, 3.05) is 21.3 Å². The van der Waals surface area contributed by atoms with Gasteiger partial charge in [0.1, 0.15) is 5.82 Å². The molecule has 0 aliphatic carbocycles. The lowest BCUT2D eigenvalue weighted by molar-refractivity contribution is -0.114. The summed E-state index contributed by atoms with van der Waals surface area (Å²) in [6, 6.07) is 17.1. The lowest BCUT2D eigenvalue weighted by Gasteiger charge is -2.27. The molecule has 188 valence electrons. The molecule has 0 spiro atoms. The normalized spacial score (nSPS) is 15.1. The molecular weight excluding hydrogens is 457 g/mol. The van der Waals surface area contributed by atoms with Gasteiger partial charge in [0.2, 0.25) is 0 Å². The topological polar surface area (TPSA) is 74.8 Å². The van der Waals surface area contributed by atoms with Crippen molar-refractivity contribution in [3.63, 3.8) is 0 Å². The smallest absolute Gasteiger partial charge is 0.299 e. The van der Waals surface area contributed by atoms with Crippen LogP contribution in [0.3, 0.4) is 0 Å². The Hall–Kier alpha value is -2.89. The molecule has 0 saturated heterocycles. The molecule has 3 aromatic rings. The van der Waals surface area contributed by atoms with Crippen LogP contribution >= 0.6 is 8.88 Å². The molecule has 2 aliphatic heterocycles. The molecule has 35 heavy (non-hydrogen) atoms. The van der Waals surface area contributed by atoms with Gasteiger partial charge < -0.3 is 24.5 Å². The standard InChI is InChI=1S/C15H22N3P.C9H7NO2.C3H9N/c1-10(2)17-14-12-8-6-7-9-13(12)16(5)15(14)18(19-17)11(3)4;1-10-7-5-3-2-4-6(7)8(11)9(10)12;1-3(2)4/h6-11,19H,1-5H3;2-5H,1H3;3H,4H2,1-2H3. The third kappa shape index (κ3) is 5.21. The van der Waals surface area contributed by atoms with E-state index in [1.54, 1.807) is 31.3 Å². The average Bonchev–Trinajstić information content (AvgIpc) is 3.41. The van der Waals surface area contributed by atoms with Crippen LogP contribution in [-0.2, 0) is 11.8 Å². The summed E-state index contributed by atoms with van der Waals surface area (Å²) in [5.41, 5.74) is 9.06. The number of rotatable bonds is 2. The van der Waals surface area contributed by atoms with Crippen LogP contribution in [0.1, 0.15) is 51.9 Å². The number of carbonyl (C=O) groups is 2. The Morgan fingerprint density at radius 1 is 0.800 bits per heavy atom. The van der Waals surface area contributed by atoms with Gasteiger partial charge >= 0.3 is 0 Å². The van der Waals surface area contributed by atoms with Gasteiger partial charge in [0.25, 0.3) is 11.7 Å². The third-order valence-electron chi connectivity index (χ3n) is 5.78. The zero-order chi connectivity index (χ0) is 26.0. The molecule has 8 heteroatoms. The Bertz CT molecular complexity index is 1210. The summed E-state index contributed by atoms with van der Waals surface area (Å²) in [6.45, 7) is 13.0. The second-order valence-electron chi connectivity index (χ2n) is 9.73. The van der Waals surface area contributed by atoms with Crippen molar-refractivity contribution in [3.8, 4) is 0 Å². The summed E-state index contributed by atoms with van der Waals surface area (Å²) in [4.78, 5) is 23.7. The van der Waals surface area contributed by atoms with Crippen molar-refractivity contribution in [2.24, 2.45) is 12.8 Å². The fourth-order valence-electron chi connectivity index (χ4n) is 4.16. The van der Waals surface area contributed by atoms with E-state index < -0.39 is 11.7 Å². The number of aromatic nitrogens is 1. The van der Waals surface area contributed by atoms with Gasteiger partial charge in [-0.05, 0) is 51.9 Å². The second-order valence-corrected chi connectivity index (χ2v) is 10.9. The fourth-order valence-corrected chi connectivity index (χ4v) is 5.52. The van der Waals surface area contributed by atoms with E-state index in [4.69, 9.17) is 5.73 Å². The Kier molecular flexibility index (Phi) is 8.24. The number of benzene rings is 2. The average molecular weight is 496 g/mol. The number of likely N-dealkylation sites (N-methyl/N-ethyl adjacent to an activating group) is 1. The molecule has 2 N–H and O–H groups in total. The number of anilines is 3. The van der Waals surface area contributed by atoms with Gasteiger partial charge in [-0.1, -0.05) is 44.2 Å². The highest BCUT2D eigenvalue weighted by molar-refractivity contribution is 7.43. The van der Waals surface area contributed by atoms with Gasteiger partial charge in [-0.2, -0.15) is 0 Å². The first kappa shape index (κ1) is 26.7. The Morgan fingerprint density at radius 2 is 1.34 bits per heavy atom. The van der Waals surface area contributed by atoms with Gasteiger partial charge in [-0.25, -0.2) is 0 Å². The van der Waals surface area contributed by atoms with E-state index in [2.05, 4.69) is 72.9 Å². The molecule has 2 aromatic carbocycles. The Labute approximate surface area is 210 Å². The van der Waals surface area contributed by atoms with E-state index in [-0.39, 0.29) is 0 Å². The maximum absolute atomic E-state index is 11.2. The summed E-state index contributed by atoms with van der Waals surface area (Å²) < 4.78 is 7.41. The van der Waals surface area contributed by atoms with E-state index in [0.29, 0.717) is 29.4 Å². The molecule has 3 heterocycles. The molecule has 1 unspecified atom stereocenters. The van der Waals surface area contributed by atoms with Crippen molar-refractivity contribution >= 4 is 48.7 Å². The largest absolute Gasteiger partial charge is 0.330 e. The maximum atomic E-state index is 11.2. The lowest BCUT2D eigenvalue weighted by Crippen LogP contribution is -2.25. The number of para-hydroxylation sites is 2. The number of nitrogens with two attached hydrogens (primary N) is 1. The van der Waals surface area contributed by atoms with Crippen LogP contribution in [0.4, 0.5) is 17.2 Å². The summed E-state index contributed by atoms with van der Waals surface area (Å²) in [6.07, 6.45) is 0. The highest BCUT2D eigenvalue weighted by Crippen LogP contribution is 2.54. The number of amides is 1. The minimum Gasteiger partial charge on any atom is -0.330 e. The number of Topliss-reactive ketones (excluding diaryl/α,β-unsaturated/α-hetero) is 1. The van der Waals surface area contributed by atoms with Crippen LogP contribution in [0.25, 0.3) is 10.9 Å². The number of nitrogens with zero attached hydrogens (tertiary/aromatic N) is 4. The number of carbonyl (C=O) groups excluding carboxylic acids is 2. The van der Waals surface area contributed by atoms with Crippen LogP contribution < -0.4 is 20.0 Å². The molecule has 0 bridgehead atoms. The minimum atomic E-state index is -0.448. The molecule has 1 atom stereocenters. The van der Waals surface area contributed by atoms with Gasteiger partial charge in [-0.15, -0.1) is 0 Å². The van der Waals surface area contributed by atoms with E-state index in [0.717, 1.165) is 8.88 Å². The van der Waals surface area contributed by atoms with Gasteiger partial charge in [0.15, 0.2) is 0 Å². The monoisotopic (exact) mass is 495 g/mol. The summed E-state index contributed by atoms with van der Waals surface area (Å²) >= 11 is 0. The van der Waals surface area contributed by atoms with Crippen molar-refractivity contribution in [3.05, 3.63) is 54.1 Å². The van der Waals surface area contributed by atoms with Crippen molar-refractivity contribution in [2.45, 2.75) is 59.7 Å². The Morgan fingerprint density at radius 3 is 1.91 bits per heavy atom. The lowest BCUT2D eigenvalue weighted by atomic mass is 10.1. The second kappa shape index (κ2) is 10.8. The fraction of sp³-hybridized carbons (Fsp3) is 0.407. The number of hydrogen-bond donors (Lipinski definition) is 1.